The predicted octanol–water partition coefficient (Wildman–Crippen LogP) is 6.55. The zero-order valence-electron chi connectivity index (χ0n) is 17.9. The standard InChI is InChI=1S/C26H24ClN3O2/c1-17-20(11-7-12-22(17)27)24-15-14-19(32-24)16-28-30-25(18-8-3-2-4-9-18)29-23-13-6-5-10-21(23)26(30)31/h5-7,10-16,18H,2-4,8-9H2,1H3. The zero-order valence-corrected chi connectivity index (χ0v) is 18.7. The van der Waals surface area contributed by atoms with E-state index in [0.29, 0.717) is 21.9 Å². The van der Waals surface area contributed by atoms with Crippen LogP contribution in [-0.4, -0.2) is 15.9 Å². The first kappa shape index (κ1) is 20.7. The molecule has 0 N–H and O–H groups in total. The first-order valence-electron chi connectivity index (χ1n) is 11.0. The Morgan fingerprint density at radius 2 is 1.88 bits per heavy atom. The highest BCUT2D eigenvalue weighted by Gasteiger charge is 2.22. The van der Waals surface area contributed by atoms with E-state index >= 15 is 0 Å². The molecule has 0 bridgehead atoms. The molecular formula is C26H24ClN3O2. The van der Waals surface area contributed by atoms with Gasteiger partial charge >= 0.3 is 0 Å². The zero-order chi connectivity index (χ0) is 22.1. The summed E-state index contributed by atoms with van der Waals surface area (Å²) >= 11 is 6.26. The van der Waals surface area contributed by atoms with Crippen molar-refractivity contribution in [3.05, 3.63) is 87.1 Å². The number of hydrogen-bond acceptors (Lipinski definition) is 4. The minimum atomic E-state index is -0.148. The highest BCUT2D eigenvalue weighted by molar-refractivity contribution is 6.31. The van der Waals surface area contributed by atoms with E-state index in [1.807, 2.05) is 55.5 Å². The molecule has 0 spiro atoms. The molecule has 162 valence electrons. The third-order valence-electron chi connectivity index (χ3n) is 6.21. The van der Waals surface area contributed by atoms with Crippen LogP contribution in [0.4, 0.5) is 0 Å². The Bertz CT molecular complexity index is 1360. The molecule has 6 heteroatoms. The lowest BCUT2D eigenvalue weighted by atomic mass is 9.88. The van der Waals surface area contributed by atoms with E-state index in [1.165, 1.54) is 11.1 Å². The van der Waals surface area contributed by atoms with Crippen LogP contribution in [-0.2, 0) is 0 Å². The monoisotopic (exact) mass is 445 g/mol. The van der Waals surface area contributed by atoms with Gasteiger partial charge in [0.2, 0.25) is 0 Å². The Balaban J connectivity index is 1.55. The first-order chi connectivity index (χ1) is 15.6. The Morgan fingerprint density at radius 3 is 2.72 bits per heavy atom. The lowest BCUT2D eigenvalue weighted by Crippen LogP contribution is -2.25. The van der Waals surface area contributed by atoms with E-state index in [0.717, 1.165) is 48.2 Å². The predicted molar refractivity (Wildman–Crippen MR) is 129 cm³/mol. The van der Waals surface area contributed by atoms with Crippen molar-refractivity contribution in [1.82, 2.24) is 9.66 Å². The molecule has 0 amide bonds. The van der Waals surface area contributed by atoms with Crippen molar-refractivity contribution in [2.24, 2.45) is 5.10 Å². The van der Waals surface area contributed by atoms with E-state index in [2.05, 4.69) is 5.10 Å². The Kier molecular flexibility index (Phi) is 5.66. The van der Waals surface area contributed by atoms with Gasteiger partial charge in [-0.15, -0.1) is 0 Å². The van der Waals surface area contributed by atoms with Crippen molar-refractivity contribution < 1.29 is 4.42 Å². The summed E-state index contributed by atoms with van der Waals surface area (Å²) in [6.07, 6.45) is 7.18. The fraction of sp³-hybridized carbons (Fsp3) is 0.269. The smallest absolute Gasteiger partial charge is 0.282 e. The molecule has 0 radical (unpaired) electrons. The molecule has 1 aliphatic rings. The van der Waals surface area contributed by atoms with Gasteiger partial charge in [0.05, 0.1) is 17.1 Å². The maximum Gasteiger partial charge on any atom is 0.282 e. The molecule has 1 fully saturated rings. The van der Waals surface area contributed by atoms with Crippen LogP contribution in [0.5, 0.6) is 0 Å². The fourth-order valence-corrected chi connectivity index (χ4v) is 4.61. The molecule has 2 aromatic heterocycles. The summed E-state index contributed by atoms with van der Waals surface area (Å²) in [7, 11) is 0. The second-order valence-electron chi connectivity index (χ2n) is 8.30. The number of benzene rings is 2. The normalized spacial score (nSPS) is 15.1. The Labute approximate surface area is 191 Å². The number of rotatable bonds is 4. The van der Waals surface area contributed by atoms with Crippen molar-refractivity contribution in [2.75, 3.05) is 0 Å². The van der Waals surface area contributed by atoms with Crippen LogP contribution in [0.2, 0.25) is 5.02 Å². The van der Waals surface area contributed by atoms with Crippen molar-refractivity contribution >= 4 is 28.7 Å². The second-order valence-corrected chi connectivity index (χ2v) is 8.71. The van der Waals surface area contributed by atoms with Crippen LogP contribution in [0.3, 0.4) is 0 Å². The van der Waals surface area contributed by atoms with Gasteiger partial charge in [-0.2, -0.15) is 9.78 Å². The summed E-state index contributed by atoms with van der Waals surface area (Å²) in [6, 6.07) is 16.9. The van der Waals surface area contributed by atoms with Gasteiger partial charge in [-0.25, -0.2) is 4.98 Å². The van der Waals surface area contributed by atoms with Crippen molar-refractivity contribution in [3.63, 3.8) is 0 Å². The summed E-state index contributed by atoms with van der Waals surface area (Å²) in [5, 5.41) is 5.81. The molecule has 32 heavy (non-hydrogen) atoms. The number of nitrogens with zero attached hydrogens (tertiary/aromatic N) is 3. The SMILES string of the molecule is Cc1c(Cl)cccc1-c1ccc(C=Nn2c(C3CCCCC3)nc3ccccc3c2=O)o1. The molecule has 5 rings (SSSR count). The number of furan rings is 1. The first-order valence-corrected chi connectivity index (χ1v) is 11.4. The molecule has 1 aliphatic carbocycles. The Hall–Kier alpha value is -3.18. The van der Waals surface area contributed by atoms with E-state index in [4.69, 9.17) is 21.0 Å². The summed E-state index contributed by atoms with van der Waals surface area (Å²) in [4.78, 5) is 18.1. The molecule has 2 heterocycles. The van der Waals surface area contributed by atoms with E-state index < -0.39 is 0 Å². The molecular weight excluding hydrogens is 422 g/mol. The van der Waals surface area contributed by atoms with Gasteiger partial charge in [-0.3, -0.25) is 4.79 Å². The van der Waals surface area contributed by atoms with Crippen molar-refractivity contribution in [3.8, 4) is 11.3 Å². The summed E-state index contributed by atoms with van der Waals surface area (Å²) in [6.45, 7) is 1.96. The second kappa shape index (κ2) is 8.75. The lowest BCUT2D eigenvalue weighted by Gasteiger charge is -2.22. The van der Waals surface area contributed by atoms with Gasteiger partial charge in [-0.1, -0.05) is 55.1 Å². The van der Waals surface area contributed by atoms with Crippen LogP contribution < -0.4 is 5.56 Å². The van der Waals surface area contributed by atoms with E-state index in [9.17, 15) is 4.79 Å². The quantitative estimate of drug-likeness (QED) is 0.335. The molecule has 2 aromatic carbocycles. The fourth-order valence-electron chi connectivity index (χ4n) is 4.43. The van der Waals surface area contributed by atoms with Gasteiger partial charge in [-0.05, 0) is 55.7 Å². The number of halogens is 1. The molecule has 4 aromatic rings. The number of hydrogen-bond donors (Lipinski definition) is 0. The van der Waals surface area contributed by atoms with E-state index in [1.54, 1.807) is 12.3 Å². The van der Waals surface area contributed by atoms with Gasteiger partial charge in [0.25, 0.3) is 5.56 Å². The van der Waals surface area contributed by atoms with Gasteiger partial charge < -0.3 is 4.42 Å². The van der Waals surface area contributed by atoms with Crippen LogP contribution in [0.1, 0.15) is 55.2 Å². The van der Waals surface area contributed by atoms with Crippen molar-refractivity contribution in [2.45, 2.75) is 44.9 Å². The average molecular weight is 446 g/mol. The lowest BCUT2D eigenvalue weighted by molar-refractivity contribution is 0.416. The number of aromatic nitrogens is 2. The minimum Gasteiger partial charge on any atom is -0.455 e. The molecule has 0 aliphatic heterocycles. The van der Waals surface area contributed by atoms with Crippen LogP contribution in [0.25, 0.3) is 22.2 Å². The van der Waals surface area contributed by atoms with Crippen LogP contribution >= 0.6 is 11.6 Å². The average Bonchev–Trinajstić information content (AvgIpc) is 3.29. The van der Waals surface area contributed by atoms with Crippen molar-refractivity contribution in [1.29, 1.82) is 0 Å². The molecule has 1 saturated carbocycles. The largest absolute Gasteiger partial charge is 0.455 e. The van der Waals surface area contributed by atoms with Gasteiger partial charge in [0.15, 0.2) is 0 Å². The Morgan fingerprint density at radius 1 is 1.06 bits per heavy atom. The van der Waals surface area contributed by atoms with E-state index in [-0.39, 0.29) is 11.5 Å². The third kappa shape index (κ3) is 3.89. The molecule has 0 atom stereocenters. The molecule has 0 unspecified atom stereocenters. The third-order valence-corrected chi connectivity index (χ3v) is 6.62. The van der Waals surface area contributed by atoms with Gasteiger partial charge in [0.1, 0.15) is 17.3 Å². The highest BCUT2D eigenvalue weighted by Crippen LogP contribution is 2.32. The molecule has 5 nitrogen and oxygen atoms in total. The van der Waals surface area contributed by atoms with Crippen LogP contribution in [0.15, 0.2) is 68.9 Å². The highest BCUT2D eigenvalue weighted by atomic mass is 35.5. The maximum atomic E-state index is 13.3. The number of fused-ring (bicyclic) bond motifs is 1. The summed E-state index contributed by atoms with van der Waals surface area (Å²) in [5.41, 5.74) is 2.47. The summed E-state index contributed by atoms with van der Waals surface area (Å²) < 4.78 is 7.46. The van der Waals surface area contributed by atoms with Crippen LogP contribution in [0, 0.1) is 6.92 Å². The topological polar surface area (TPSA) is 60.4 Å². The van der Waals surface area contributed by atoms with Gasteiger partial charge in [0, 0.05) is 16.5 Å². The maximum absolute atomic E-state index is 13.3. The summed E-state index contributed by atoms with van der Waals surface area (Å²) in [5.74, 6) is 2.25. The minimum absolute atomic E-state index is 0.148. The number of para-hydroxylation sites is 1. The molecule has 0 saturated heterocycles.